The summed E-state index contributed by atoms with van der Waals surface area (Å²) in [6.45, 7) is 2.38. The van der Waals surface area contributed by atoms with E-state index >= 15 is 0 Å². The quantitative estimate of drug-likeness (QED) is 0.898. The molecule has 3 aliphatic rings. The first-order valence-corrected chi connectivity index (χ1v) is 9.06. The molecule has 4 rings (SSSR count). The molecule has 136 valence electrons. The van der Waals surface area contributed by atoms with Gasteiger partial charge in [0.2, 0.25) is 5.91 Å². The Morgan fingerprint density at radius 1 is 1.16 bits per heavy atom. The Morgan fingerprint density at radius 2 is 1.80 bits per heavy atom. The highest BCUT2D eigenvalue weighted by molar-refractivity contribution is 5.83. The summed E-state index contributed by atoms with van der Waals surface area (Å²) in [5.41, 5.74) is 0.319. The van der Waals surface area contributed by atoms with E-state index in [1.165, 1.54) is 12.1 Å². The van der Waals surface area contributed by atoms with E-state index in [0.717, 1.165) is 62.9 Å². The van der Waals surface area contributed by atoms with Crippen LogP contribution in [0.3, 0.4) is 0 Å². The Labute approximate surface area is 145 Å². The van der Waals surface area contributed by atoms with E-state index in [0.29, 0.717) is 6.54 Å². The van der Waals surface area contributed by atoms with Crippen LogP contribution in [0.4, 0.5) is 13.2 Å². The lowest BCUT2D eigenvalue weighted by Gasteiger charge is -2.27. The molecule has 1 spiro atoms. The van der Waals surface area contributed by atoms with Crippen LogP contribution in [0.25, 0.3) is 0 Å². The van der Waals surface area contributed by atoms with Crippen molar-refractivity contribution < 1.29 is 18.0 Å². The summed E-state index contributed by atoms with van der Waals surface area (Å²) in [7, 11) is 0. The number of halogens is 3. The number of benzene rings is 1. The molecule has 1 aromatic carbocycles. The molecule has 25 heavy (non-hydrogen) atoms. The van der Waals surface area contributed by atoms with Crippen LogP contribution in [0, 0.1) is 11.3 Å². The van der Waals surface area contributed by atoms with Gasteiger partial charge in [-0.25, -0.2) is 0 Å². The monoisotopic (exact) mass is 352 g/mol. The molecule has 0 bridgehead atoms. The SMILES string of the molecule is O=C(C1CC12CCNCC2)N(Cc1ccc(C(F)(F)F)cc1)C1CC1. The first-order valence-electron chi connectivity index (χ1n) is 9.06. The molecular formula is C19H23F3N2O. The second-order valence-corrected chi connectivity index (χ2v) is 7.76. The third-order valence-electron chi connectivity index (χ3n) is 5.99. The molecule has 2 saturated carbocycles. The topological polar surface area (TPSA) is 32.3 Å². The van der Waals surface area contributed by atoms with Crippen molar-refractivity contribution in [1.29, 1.82) is 0 Å². The van der Waals surface area contributed by atoms with E-state index < -0.39 is 11.7 Å². The van der Waals surface area contributed by atoms with Gasteiger partial charge >= 0.3 is 6.18 Å². The first kappa shape index (κ1) is 16.9. The largest absolute Gasteiger partial charge is 0.416 e. The molecular weight excluding hydrogens is 329 g/mol. The molecule has 1 aliphatic heterocycles. The van der Waals surface area contributed by atoms with E-state index in [-0.39, 0.29) is 23.3 Å². The second kappa shape index (κ2) is 6.01. The van der Waals surface area contributed by atoms with Gasteiger partial charge in [-0.3, -0.25) is 4.79 Å². The van der Waals surface area contributed by atoms with Crippen molar-refractivity contribution in [3.63, 3.8) is 0 Å². The molecule has 6 heteroatoms. The van der Waals surface area contributed by atoms with Crippen molar-refractivity contribution in [3.8, 4) is 0 Å². The van der Waals surface area contributed by atoms with Gasteiger partial charge in [-0.05, 0) is 68.3 Å². The van der Waals surface area contributed by atoms with Crippen molar-refractivity contribution in [3.05, 3.63) is 35.4 Å². The van der Waals surface area contributed by atoms with Crippen LogP contribution in [0.2, 0.25) is 0 Å². The predicted molar refractivity (Wildman–Crippen MR) is 87.7 cm³/mol. The molecule has 1 heterocycles. The Balaban J connectivity index is 1.44. The molecule has 1 N–H and O–H groups in total. The van der Waals surface area contributed by atoms with E-state index in [2.05, 4.69) is 5.32 Å². The molecule has 3 nitrogen and oxygen atoms in total. The number of hydrogen-bond acceptors (Lipinski definition) is 2. The van der Waals surface area contributed by atoms with E-state index in [4.69, 9.17) is 0 Å². The number of amides is 1. The molecule has 3 fully saturated rings. The van der Waals surface area contributed by atoms with E-state index in [1.54, 1.807) is 0 Å². The predicted octanol–water partition coefficient (Wildman–Crippen LogP) is 3.59. The Morgan fingerprint density at radius 3 is 2.36 bits per heavy atom. The number of hydrogen-bond donors (Lipinski definition) is 1. The summed E-state index contributed by atoms with van der Waals surface area (Å²) in [5, 5.41) is 3.34. The van der Waals surface area contributed by atoms with Gasteiger partial charge in [0.05, 0.1) is 5.56 Å². The Kier molecular flexibility index (Phi) is 4.06. The van der Waals surface area contributed by atoms with Crippen molar-refractivity contribution in [1.82, 2.24) is 10.2 Å². The molecule has 1 saturated heterocycles. The molecule has 2 aliphatic carbocycles. The van der Waals surface area contributed by atoms with Gasteiger partial charge in [0.1, 0.15) is 0 Å². The second-order valence-electron chi connectivity index (χ2n) is 7.76. The molecule has 0 radical (unpaired) electrons. The summed E-state index contributed by atoms with van der Waals surface area (Å²) in [5.74, 6) is 0.328. The molecule has 1 atom stereocenters. The van der Waals surface area contributed by atoms with Crippen molar-refractivity contribution in [2.75, 3.05) is 13.1 Å². The summed E-state index contributed by atoms with van der Waals surface area (Å²) in [4.78, 5) is 14.9. The van der Waals surface area contributed by atoms with Crippen molar-refractivity contribution >= 4 is 5.91 Å². The van der Waals surface area contributed by atoms with Crippen LogP contribution in [0.1, 0.15) is 43.2 Å². The van der Waals surface area contributed by atoms with Gasteiger partial charge in [-0.15, -0.1) is 0 Å². The zero-order valence-corrected chi connectivity index (χ0v) is 14.1. The molecule has 1 aromatic rings. The Hall–Kier alpha value is -1.56. The molecule has 1 amide bonds. The highest BCUT2D eigenvalue weighted by Gasteiger charge is 2.59. The lowest BCUT2D eigenvalue weighted by Crippen LogP contribution is -2.37. The van der Waals surface area contributed by atoms with Crippen molar-refractivity contribution in [2.24, 2.45) is 11.3 Å². The van der Waals surface area contributed by atoms with Gasteiger partial charge in [0, 0.05) is 18.5 Å². The highest BCUT2D eigenvalue weighted by atomic mass is 19.4. The van der Waals surface area contributed by atoms with Gasteiger partial charge in [0.25, 0.3) is 0 Å². The maximum Gasteiger partial charge on any atom is 0.416 e. The number of alkyl halides is 3. The van der Waals surface area contributed by atoms with Gasteiger partial charge in [-0.2, -0.15) is 13.2 Å². The molecule has 1 unspecified atom stereocenters. The number of nitrogens with one attached hydrogen (secondary N) is 1. The summed E-state index contributed by atoms with van der Waals surface area (Å²) < 4.78 is 38.1. The third-order valence-corrected chi connectivity index (χ3v) is 5.99. The van der Waals surface area contributed by atoms with Gasteiger partial charge in [-0.1, -0.05) is 12.1 Å². The smallest absolute Gasteiger partial charge is 0.335 e. The van der Waals surface area contributed by atoms with Crippen LogP contribution >= 0.6 is 0 Å². The van der Waals surface area contributed by atoms with Crippen molar-refractivity contribution in [2.45, 2.75) is 50.9 Å². The van der Waals surface area contributed by atoms with Crippen LogP contribution in [0.15, 0.2) is 24.3 Å². The van der Waals surface area contributed by atoms with E-state index in [9.17, 15) is 18.0 Å². The van der Waals surface area contributed by atoms with Gasteiger partial charge in [0.15, 0.2) is 0 Å². The van der Waals surface area contributed by atoms with Crippen LogP contribution < -0.4 is 5.32 Å². The fourth-order valence-electron chi connectivity index (χ4n) is 4.14. The van der Waals surface area contributed by atoms with Crippen LogP contribution in [-0.4, -0.2) is 29.9 Å². The zero-order chi connectivity index (χ0) is 17.7. The van der Waals surface area contributed by atoms with Crippen LogP contribution in [-0.2, 0) is 17.5 Å². The number of carbonyl (C=O) groups is 1. The first-order chi connectivity index (χ1) is 11.9. The average molecular weight is 352 g/mol. The number of nitrogens with zero attached hydrogens (tertiary/aromatic N) is 1. The maximum absolute atomic E-state index is 13.0. The summed E-state index contributed by atoms with van der Waals surface area (Å²) in [6.07, 6.45) is 0.787. The minimum absolute atomic E-state index is 0.115. The highest BCUT2D eigenvalue weighted by Crippen LogP contribution is 2.59. The zero-order valence-electron chi connectivity index (χ0n) is 14.1. The normalized spacial score (nSPS) is 25.0. The number of piperidine rings is 1. The van der Waals surface area contributed by atoms with Gasteiger partial charge < -0.3 is 10.2 Å². The standard InChI is InChI=1S/C19H23F3N2O/c20-19(21,22)14-3-1-13(2-4-14)12-24(15-5-6-15)17(25)16-11-18(16)7-9-23-10-8-18/h1-4,15-16,23H,5-12H2. The number of rotatable bonds is 4. The lowest BCUT2D eigenvalue weighted by molar-refractivity contribution is -0.138. The fourth-order valence-corrected chi connectivity index (χ4v) is 4.14. The maximum atomic E-state index is 13.0. The summed E-state index contributed by atoms with van der Waals surface area (Å²) >= 11 is 0. The third kappa shape index (κ3) is 3.41. The lowest BCUT2D eigenvalue weighted by atomic mass is 9.91. The minimum atomic E-state index is -4.32. The summed E-state index contributed by atoms with van der Waals surface area (Å²) in [6, 6.07) is 5.48. The number of carbonyl (C=O) groups excluding carboxylic acids is 1. The van der Waals surface area contributed by atoms with Crippen LogP contribution in [0.5, 0.6) is 0 Å². The Bertz CT molecular complexity index is 646. The van der Waals surface area contributed by atoms with E-state index in [1.807, 2.05) is 4.90 Å². The fraction of sp³-hybridized carbons (Fsp3) is 0.632. The minimum Gasteiger partial charge on any atom is -0.335 e. The molecule has 0 aromatic heterocycles. The average Bonchev–Trinajstić information content (AvgIpc) is 3.50.